The van der Waals surface area contributed by atoms with E-state index in [2.05, 4.69) is 6.92 Å². The summed E-state index contributed by atoms with van der Waals surface area (Å²) in [7, 11) is 1.94. The van der Waals surface area contributed by atoms with Gasteiger partial charge in [0.2, 0.25) is 0 Å². The van der Waals surface area contributed by atoms with Gasteiger partial charge in [-0.15, -0.1) is 0 Å². The van der Waals surface area contributed by atoms with Crippen LogP contribution in [0.4, 0.5) is 0 Å². The van der Waals surface area contributed by atoms with Crippen LogP contribution in [0.5, 0.6) is 0 Å². The zero-order valence-corrected chi connectivity index (χ0v) is 9.77. The van der Waals surface area contributed by atoms with Crippen molar-refractivity contribution in [3.63, 3.8) is 0 Å². The summed E-state index contributed by atoms with van der Waals surface area (Å²) < 4.78 is 0. The third-order valence-electron chi connectivity index (χ3n) is 3.01. The fourth-order valence-corrected chi connectivity index (χ4v) is 3.19. The molecule has 1 aliphatic rings. The van der Waals surface area contributed by atoms with Crippen molar-refractivity contribution in [1.82, 2.24) is 4.90 Å². The van der Waals surface area contributed by atoms with Gasteiger partial charge in [0.25, 0.3) is 0 Å². The van der Waals surface area contributed by atoms with E-state index in [1.807, 2.05) is 23.7 Å². The van der Waals surface area contributed by atoms with Crippen LogP contribution in [0.25, 0.3) is 0 Å². The Morgan fingerprint density at radius 2 is 2.07 bits per heavy atom. The standard InChI is InChI=1S/C10H19NO2S/c1-3-6-11(2)10(9(12)13)4-7-14-8-5-10/h3-8H2,1-2H3,(H,12,13). The molecule has 0 unspecified atom stereocenters. The molecular formula is C10H19NO2S. The Bertz CT molecular complexity index is 202. The molecule has 14 heavy (non-hydrogen) atoms. The molecular weight excluding hydrogens is 198 g/mol. The van der Waals surface area contributed by atoms with Crippen LogP contribution in [0.3, 0.4) is 0 Å². The molecule has 1 saturated heterocycles. The van der Waals surface area contributed by atoms with Crippen LogP contribution in [0, 0.1) is 0 Å². The van der Waals surface area contributed by atoms with Crippen molar-refractivity contribution in [2.75, 3.05) is 25.1 Å². The van der Waals surface area contributed by atoms with Crippen LogP contribution < -0.4 is 0 Å². The molecule has 1 heterocycles. The summed E-state index contributed by atoms with van der Waals surface area (Å²) in [6, 6.07) is 0. The maximum atomic E-state index is 11.3. The van der Waals surface area contributed by atoms with Crippen molar-refractivity contribution in [3.05, 3.63) is 0 Å². The third kappa shape index (κ3) is 2.23. The van der Waals surface area contributed by atoms with E-state index in [1.165, 1.54) is 0 Å². The first-order valence-electron chi connectivity index (χ1n) is 5.16. The predicted octanol–water partition coefficient (Wildman–Crippen LogP) is 1.68. The van der Waals surface area contributed by atoms with Crippen LogP contribution in [-0.4, -0.2) is 46.6 Å². The van der Waals surface area contributed by atoms with Gasteiger partial charge in [-0.2, -0.15) is 11.8 Å². The summed E-state index contributed by atoms with van der Waals surface area (Å²) in [6.07, 6.45) is 2.58. The van der Waals surface area contributed by atoms with Gasteiger partial charge in [-0.1, -0.05) is 6.92 Å². The van der Waals surface area contributed by atoms with Gasteiger partial charge in [-0.3, -0.25) is 9.69 Å². The Balaban J connectivity index is 2.74. The van der Waals surface area contributed by atoms with E-state index < -0.39 is 11.5 Å². The number of thioether (sulfide) groups is 1. The second kappa shape index (κ2) is 5.03. The first kappa shape index (κ1) is 11.9. The van der Waals surface area contributed by atoms with E-state index in [0.717, 1.165) is 37.3 Å². The molecule has 1 N–H and O–H groups in total. The molecule has 1 rings (SSSR count). The van der Waals surface area contributed by atoms with E-state index in [1.54, 1.807) is 0 Å². The average molecular weight is 217 g/mol. The van der Waals surface area contributed by atoms with Crippen LogP contribution in [0.1, 0.15) is 26.2 Å². The highest BCUT2D eigenvalue weighted by Crippen LogP contribution is 2.32. The van der Waals surface area contributed by atoms with E-state index in [-0.39, 0.29) is 0 Å². The Kier molecular flexibility index (Phi) is 4.26. The lowest BCUT2D eigenvalue weighted by atomic mass is 9.90. The summed E-state index contributed by atoms with van der Waals surface area (Å²) in [4.78, 5) is 13.4. The molecule has 0 aliphatic carbocycles. The smallest absolute Gasteiger partial charge is 0.324 e. The second-order valence-corrected chi connectivity index (χ2v) is 5.10. The summed E-state index contributed by atoms with van der Waals surface area (Å²) in [5.74, 6) is 1.30. The zero-order valence-electron chi connectivity index (χ0n) is 8.95. The molecule has 0 bridgehead atoms. The second-order valence-electron chi connectivity index (χ2n) is 3.87. The molecule has 1 aliphatic heterocycles. The highest BCUT2D eigenvalue weighted by atomic mass is 32.2. The van der Waals surface area contributed by atoms with Gasteiger partial charge in [0.1, 0.15) is 5.54 Å². The van der Waals surface area contributed by atoms with Crippen LogP contribution in [0.2, 0.25) is 0 Å². The maximum Gasteiger partial charge on any atom is 0.324 e. The fourth-order valence-electron chi connectivity index (χ4n) is 2.02. The number of hydrogen-bond acceptors (Lipinski definition) is 3. The lowest BCUT2D eigenvalue weighted by Crippen LogP contribution is -2.55. The highest BCUT2D eigenvalue weighted by Gasteiger charge is 2.42. The van der Waals surface area contributed by atoms with Crippen molar-refractivity contribution >= 4 is 17.7 Å². The minimum Gasteiger partial charge on any atom is -0.480 e. The third-order valence-corrected chi connectivity index (χ3v) is 3.99. The molecule has 0 radical (unpaired) electrons. The van der Waals surface area contributed by atoms with Gasteiger partial charge < -0.3 is 5.11 Å². The molecule has 0 aromatic rings. The van der Waals surface area contributed by atoms with Crippen LogP contribution in [0.15, 0.2) is 0 Å². The Hall–Kier alpha value is -0.220. The number of nitrogens with zero attached hydrogens (tertiary/aromatic N) is 1. The SMILES string of the molecule is CCCN(C)C1(C(=O)O)CCSCC1. The van der Waals surface area contributed by atoms with Gasteiger partial charge in [0, 0.05) is 0 Å². The lowest BCUT2D eigenvalue weighted by Gasteiger charge is -2.40. The number of likely N-dealkylation sites (N-methyl/N-ethyl adjacent to an activating group) is 1. The predicted molar refractivity (Wildman–Crippen MR) is 59.8 cm³/mol. The molecule has 82 valence electrons. The van der Waals surface area contributed by atoms with E-state index >= 15 is 0 Å². The average Bonchev–Trinajstić information content (AvgIpc) is 2.19. The number of aliphatic carboxylic acids is 1. The molecule has 0 atom stereocenters. The van der Waals surface area contributed by atoms with Crippen LogP contribution in [-0.2, 0) is 4.79 Å². The summed E-state index contributed by atoms with van der Waals surface area (Å²) >= 11 is 1.86. The molecule has 0 amide bonds. The first-order chi connectivity index (χ1) is 6.63. The van der Waals surface area contributed by atoms with Crippen molar-refractivity contribution in [2.45, 2.75) is 31.7 Å². The first-order valence-corrected chi connectivity index (χ1v) is 6.31. The van der Waals surface area contributed by atoms with Crippen molar-refractivity contribution in [3.8, 4) is 0 Å². The minimum atomic E-state index is -0.645. The Labute approximate surface area is 89.9 Å². The van der Waals surface area contributed by atoms with Crippen molar-refractivity contribution in [1.29, 1.82) is 0 Å². The normalized spacial score (nSPS) is 21.1. The Morgan fingerprint density at radius 1 is 1.50 bits per heavy atom. The number of carboxylic acid groups (broad SMARTS) is 1. The van der Waals surface area contributed by atoms with Gasteiger partial charge in [0.15, 0.2) is 0 Å². The fraction of sp³-hybridized carbons (Fsp3) is 0.900. The molecule has 4 heteroatoms. The highest BCUT2D eigenvalue weighted by molar-refractivity contribution is 7.99. The molecule has 0 spiro atoms. The number of carboxylic acids is 1. The number of hydrogen-bond donors (Lipinski definition) is 1. The number of carbonyl (C=O) groups is 1. The van der Waals surface area contributed by atoms with Crippen molar-refractivity contribution < 1.29 is 9.90 Å². The van der Waals surface area contributed by atoms with Gasteiger partial charge in [0.05, 0.1) is 0 Å². The summed E-state index contributed by atoms with van der Waals surface area (Å²) in [5.41, 5.74) is -0.582. The maximum absolute atomic E-state index is 11.3. The van der Waals surface area contributed by atoms with E-state index in [9.17, 15) is 9.90 Å². The Morgan fingerprint density at radius 3 is 2.50 bits per heavy atom. The summed E-state index contributed by atoms with van der Waals surface area (Å²) in [6.45, 7) is 2.96. The monoisotopic (exact) mass is 217 g/mol. The topological polar surface area (TPSA) is 40.5 Å². The number of rotatable bonds is 4. The van der Waals surface area contributed by atoms with Gasteiger partial charge in [-0.25, -0.2) is 0 Å². The quantitative estimate of drug-likeness (QED) is 0.778. The molecule has 1 fully saturated rings. The van der Waals surface area contributed by atoms with Gasteiger partial charge >= 0.3 is 5.97 Å². The van der Waals surface area contributed by atoms with E-state index in [0.29, 0.717) is 0 Å². The van der Waals surface area contributed by atoms with Crippen molar-refractivity contribution in [2.24, 2.45) is 0 Å². The lowest BCUT2D eigenvalue weighted by molar-refractivity contribution is -0.151. The van der Waals surface area contributed by atoms with Crippen LogP contribution >= 0.6 is 11.8 Å². The molecule has 0 saturated carbocycles. The molecule has 0 aromatic carbocycles. The largest absolute Gasteiger partial charge is 0.480 e. The molecule has 3 nitrogen and oxygen atoms in total. The molecule has 0 aromatic heterocycles. The van der Waals surface area contributed by atoms with E-state index in [4.69, 9.17) is 0 Å². The zero-order chi connectivity index (χ0) is 10.6. The summed E-state index contributed by atoms with van der Waals surface area (Å²) in [5, 5.41) is 9.33. The van der Waals surface area contributed by atoms with Gasteiger partial charge in [-0.05, 0) is 44.4 Å². The minimum absolute atomic E-state index is 0.582.